The summed E-state index contributed by atoms with van der Waals surface area (Å²) in [5.74, 6) is -1.66. The number of nitrogens with one attached hydrogen (secondary N) is 2. The lowest BCUT2D eigenvalue weighted by Gasteiger charge is -2.22. The highest BCUT2D eigenvalue weighted by Crippen LogP contribution is 2.22. The number of sulfonamides is 1. The van der Waals surface area contributed by atoms with Gasteiger partial charge in [-0.2, -0.15) is 8.78 Å². The molecule has 1 aliphatic rings. The van der Waals surface area contributed by atoms with E-state index in [4.69, 9.17) is 0 Å². The Labute approximate surface area is 126 Å². The fraction of sp³-hybridized carbons (Fsp3) is 0.538. The van der Waals surface area contributed by atoms with E-state index < -0.39 is 28.2 Å². The molecule has 1 saturated heterocycles. The third kappa shape index (κ3) is 4.59. The van der Waals surface area contributed by atoms with E-state index in [1.54, 1.807) is 0 Å². The van der Waals surface area contributed by atoms with Crippen molar-refractivity contribution >= 4 is 10.0 Å². The lowest BCUT2D eigenvalue weighted by Crippen LogP contribution is -2.38. The largest absolute Gasteiger partial charge is 0.432 e. The number of hydrogen-bond acceptors (Lipinski definition) is 4. The normalized spacial score (nSPS) is 19.4. The molecule has 1 heterocycles. The predicted octanol–water partition coefficient (Wildman–Crippen LogP) is 1.70. The molecule has 5 nitrogen and oxygen atoms in total. The van der Waals surface area contributed by atoms with Crippen molar-refractivity contribution < 1.29 is 26.3 Å². The van der Waals surface area contributed by atoms with Gasteiger partial charge in [-0.05, 0) is 50.0 Å². The van der Waals surface area contributed by atoms with Gasteiger partial charge in [0.25, 0.3) is 0 Å². The highest BCUT2D eigenvalue weighted by atomic mass is 32.2. The van der Waals surface area contributed by atoms with Crippen LogP contribution >= 0.6 is 0 Å². The Kier molecular flexibility index (Phi) is 5.65. The molecular formula is C13H17F3N2O3S. The van der Waals surface area contributed by atoms with Gasteiger partial charge in [0.15, 0.2) is 11.6 Å². The highest BCUT2D eigenvalue weighted by molar-refractivity contribution is 7.89. The summed E-state index contributed by atoms with van der Waals surface area (Å²) in [7, 11) is -3.89. The first-order valence-electron chi connectivity index (χ1n) is 6.83. The zero-order valence-electron chi connectivity index (χ0n) is 11.7. The summed E-state index contributed by atoms with van der Waals surface area (Å²) in [4.78, 5) is -0.324. The average Bonchev–Trinajstić information content (AvgIpc) is 2.48. The Morgan fingerprint density at radius 1 is 1.41 bits per heavy atom. The van der Waals surface area contributed by atoms with Gasteiger partial charge in [-0.25, -0.2) is 17.5 Å². The number of halogens is 3. The number of alkyl halides is 2. The fourth-order valence-electron chi connectivity index (χ4n) is 2.25. The average molecular weight is 338 g/mol. The Morgan fingerprint density at radius 2 is 2.18 bits per heavy atom. The fourth-order valence-corrected chi connectivity index (χ4v) is 3.38. The number of ether oxygens (including phenoxy) is 1. The first-order valence-corrected chi connectivity index (χ1v) is 8.31. The smallest absolute Gasteiger partial charge is 0.387 e. The van der Waals surface area contributed by atoms with E-state index in [0.717, 1.165) is 38.1 Å². The molecule has 1 aliphatic heterocycles. The zero-order valence-corrected chi connectivity index (χ0v) is 12.5. The van der Waals surface area contributed by atoms with Crippen LogP contribution in [-0.4, -0.2) is 34.7 Å². The van der Waals surface area contributed by atoms with E-state index in [2.05, 4.69) is 14.8 Å². The second-order valence-electron chi connectivity index (χ2n) is 5.04. The first kappa shape index (κ1) is 17.0. The zero-order chi connectivity index (χ0) is 16.2. The summed E-state index contributed by atoms with van der Waals surface area (Å²) >= 11 is 0. The van der Waals surface area contributed by atoms with Crippen molar-refractivity contribution in [3.8, 4) is 5.75 Å². The van der Waals surface area contributed by atoms with Gasteiger partial charge in [-0.3, -0.25) is 0 Å². The number of hydrogen-bond donors (Lipinski definition) is 2. The topological polar surface area (TPSA) is 67.4 Å². The van der Waals surface area contributed by atoms with Crippen molar-refractivity contribution in [1.82, 2.24) is 10.0 Å². The lowest BCUT2D eigenvalue weighted by atomic mass is 10.0. The molecule has 0 amide bonds. The van der Waals surface area contributed by atoms with E-state index in [9.17, 15) is 21.6 Å². The maximum Gasteiger partial charge on any atom is 0.387 e. The molecule has 124 valence electrons. The standard InChI is InChI=1S/C13H17F3N2O3S/c14-11-6-10(3-4-12(11)21-13(15)16)22(19,20)18-8-9-2-1-5-17-7-9/h3-4,6,9,13,17-18H,1-2,5,7-8H2. The van der Waals surface area contributed by atoms with E-state index in [0.29, 0.717) is 6.07 Å². The summed E-state index contributed by atoms with van der Waals surface area (Å²) in [5, 5.41) is 3.16. The second kappa shape index (κ2) is 7.30. The quantitative estimate of drug-likeness (QED) is 0.829. The van der Waals surface area contributed by atoms with E-state index >= 15 is 0 Å². The van der Waals surface area contributed by atoms with Crippen LogP contribution in [0.4, 0.5) is 13.2 Å². The minimum atomic E-state index is -3.89. The van der Waals surface area contributed by atoms with E-state index in [-0.39, 0.29) is 17.4 Å². The molecule has 1 aromatic carbocycles. The monoisotopic (exact) mass is 338 g/mol. The Balaban J connectivity index is 2.03. The van der Waals surface area contributed by atoms with Gasteiger partial charge in [-0.1, -0.05) is 0 Å². The molecule has 0 radical (unpaired) electrons. The molecule has 0 aromatic heterocycles. The predicted molar refractivity (Wildman–Crippen MR) is 73.8 cm³/mol. The number of rotatable bonds is 6. The van der Waals surface area contributed by atoms with Crippen molar-refractivity contribution in [3.63, 3.8) is 0 Å². The van der Waals surface area contributed by atoms with Crippen LogP contribution < -0.4 is 14.8 Å². The first-order chi connectivity index (χ1) is 10.4. The van der Waals surface area contributed by atoms with E-state index in [1.807, 2.05) is 0 Å². The minimum Gasteiger partial charge on any atom is -0.432 e. The van der Waals surface area contributed by atoms with Crippen LogP contribution in [0.3, 0.4) is 0 Å². The van der Waals surface area contributed by atoms with Crippen LogP contribution in [0.2, 0.25) is 0 Å². The summed E-state index contributed by atoms with van der Waals surface area (Å²) in [5.41, 5.74) is 0. The summed E-state index contributed by atoms with van der Waals surface area (Å²) in [6.45, 7) is -1.29. The van der Waals surface area contributed by atoms with E-state index in [1.165, 1.54) is 0 Å². The van der Waals surface area contributed by atoms with Gasteiger partial charge in [0.1, 0.15) is 0 Å². The maximum atomic E-state index is 13.6. The molecule has 0 spiro atoms. The van der Waals surface area contributed by atoms with Gasteiger partial charge in [0.2, 0.25) is 10.0 Å². The molecule has 1 unspecified atom stereocenters. The third-order valence-electron chi connectivity index (χ3n) is 3.39. The van der Waals surface area contributed by atoms with Crippen LogP contribution in [0.5, 0.6) is 5.75 Å². The molecule has 1 aromatic rings. The van der Waals surface area contributed by atoms with Crippen molar-refractivity contribution in [1.29, 1.82) is 0 Å². The third-order valence-corrected chi connectivity index (χ3v) is 4.81. The van der Waals surface area contributed by atoms with Gasteiger partial charge < -0.3 is 10.1 Å². The summed E-state index contributed by atoms with van der Waals surface area (Å²) in [6.07, 6.45) is 1.88. The molecule has 0 bridgehead atoms. The van der Waals surface area contributed by atoms with Gasteiger partial charge in [0, 0.05) is 6.54 Å². The van der Waals surface area contributed by atoms with Gasteiger partial charge in [-0.15, -0.1) is 0 Å². The minimum absolute atomic E-state index is 0.176. The molecular weight excluding hydrogens is 321 g/mol. The maximum absolute atomic E-state index is 13.6. The molecule has 2 N–H and O–H groups in total. The molecule has 2 rings (SSSR count). The summed E-state index contributed by atoms with van der Waals surface area (Å²) < 4.78 is 68.1. The van der Waals surface area contributed by atoms with Crippen LogP contribution in [0.1, 0.15) is 12.8 Å². The summed E-state index contributed by atoms with van der Waals surface area (Å²) in [6, 6.07) is 2.57. The Hall–Kier alpha value is -1.32. The van der Waals surface area contributed by atoms with Crippen molar-refractivity contribution in [3.05, 3.63) is 24.0 Å². The van der Waals surface area contributed by atoms with Crippen LogP contribution in [0.15, 0.2) is 23.1 Å². The number of piperidine rings is 1. The lowest BCUT2D eigenvalue weighted by molar-refractivity contribution is -0.0522. The SMILES string of the molecule is O=S(=O)(NCC1CCCNC1)c1ccc(OC(F)F)c(F)c1. The molecule has 0 saturated carbocycles. The van der Waals surface area contributed by atoms with Crippen molar-refractivity contribution in [2.45, 2.75) is 24.3 Å². The van der Waals surface area contributed by atoms with Crippen LogP contribution in [-0.2, 0) is 10.0 Å². The Morgan fingerprint density at radius 3 is 2.77 bits per heavy atom. The van der Waals surface area contributed by atoms with Crippen LogP contribution in [0, 0.1) is 11.7 Å². The molecule has 22 heavy (non-hydrogen) atoms. The Bertz CT molecular complexity index is 605. The highest BCUT2D eigenvalue weighted by Gasteiger charge is 2.20. The van der Waals surface area contributed by atoms with Gasteiger partial charge in [0.05, 0.1) is 4.90 Å². The molecule has 9 heteroatoms. The molecule has 0 aliphatic carbocycles. The molecule has 1 fully saturated rings. The van der Waals surface area contributed by atoms with Crippen molar-refractivity contribution in [2.24, 2.45) is 5.92 Å². The number of benzene rings is 1. The second-order valence-corrected chi connectivity index (χ2v) is 6.80. The van der Waals surface area contributed by atoms with Gasteiger partial charge >= 0.3 is 6.61 Å². The van der Waals surface area contributed by atoms with Crippen LogP contribution in [0.25, 0.3) is 0 Å². The molecule has 1 atom stereocenters. The van der Waals surface area contributed by atoms with Crippen molar-refractivity contribution in [2.75, 3.05) is 19.6 Å².